The number of hydrogen-bond donors (Lipinski definition) is 0. The number of hydrogen-bond acceptors (Lipinski definition) is 5. The number of nitro benzene ring substituents is 1. The summed E-state index contributed by atoms with van der Waals surface area (Å²) >= 11 is 0. The van der Waals surface area contributed by atoms with E-state index in [0.29, 0.717) is 0 Å². The molecular weight excluding hydrogens is 381 g/mol. The maximum atomic E-state index is 12.7. The van der Waals surface area contributed by atoms with E-state index < -0.39 is 27.3 Å². The maximum absolute atomic E-state index is 12.7. The van der Waals surface area contributed by atoms with Gasteiger partial charge in [-0.25, -0.2) is 0 Å². The van der Waals surface area contributed by atoms with Gasteiger partial charge in [-0.15, -0.1) is 0 Å². The van der Waals surface area contributed by atoms with Gasteiger partial charge in [0, 0.05) is 30.3 Å². The van der Waals surface area contributed by atoms with Crippen molar-refractivity contribution in [2.45, 2.75) is 6.18 Å². The number of alkyl halides is 3. The van der Waals surface area contributed by atoms with Gasteiger partial charge in [-0.3, -0.25) is 24.9 Å². The molecule has 2 aromatic carbocycles. The minimum atomic E-state index is -4.54. The van der Waals surface area contributed by atoms with E-state index in [1.807, 2.05) is 0 Å². The number of rotatable bonds is 4. The normalized spacial score (nSPS) is 11.4. The highest BCUT2D eigenvalue weighted by molar-refractivity contribution is 5.83. The number of halogens is 3. The average Bonchev–Trinajstić information content (AvgIpc) is 2.98. The summed E-state index contributed by atoms with van der Waals surface area (Å²) in [4.78, 5) is 21.3. The zero-order chi connectivity index (χ0) is 20.6. The molecule has 0 aliphatic carbocycles. The second-order valence-electron chi connectivity index (χ2n) is 5.81. The molecule has 3 rings (SSSR count). The van der Waals surface area contributed by atoms with Crippen LogP contribution in [-0.4, -0.2) is 19.6 Å². The predicted molar refractivity (Wildman–Crippen MR) is 92.4 cm³/mol. The highest BCUT2D eigenvalue weighted by atomic mass is 19.4. The van der Waals surface area contributed by atoms with E-state index in [4.69, 9.17) is 0 Å². The smallest absolute Gasteiger partial charge is 0.260 e. The second kappa shape index (κ2) is 6.76. The van der Waals surface area contributed by atoms with Crippen molar-refractivity contribution >= 4 is 11.4 Å². The van der Waals surface area contributed by atoms with Gasteiger partial charge in [-0.05, 0) is 12.1 Å². The fraction of sp³-hybridized carbons (Fsp3) is 0.118. The summed E-state index contributed by atoms with van der Waals surface area (Å²) < 4.78 is 39.4. The van der Waals surface area contributed by atoms with Gasteiger partial charge in [0.15, 0.2) is 5.69 Å². The molecule has 0 aliphatic rings. The molecule has 8 nitrogen and oxygen atoms in total. The summed E-state index contributed by atoms with van der Waals surface area (Å²) in [6.45, 7) is 0. The second-order valence-corrected chi connectivity index (χ2v) is 5.81. The third-order valence-electron chi connectivity index (χ3n) is 4.02. The lowest BCUT2D eigenvalue weighted by molar-refractivity contribution is -0.385. The predicted octanol–water partition coefficient (Wildman–Crippen LogP) is 4.59. The van der Waals surface area contributed by atoms with E-state index in [1.54, 1.807) is 0 Å². The molecule has 1 heterocycles. The molecule has 28 heavy (non-hydrogen) atoms. The van der Waals surface area contributed by atoms with Gasteiger partial charge in [0.25, 0.3) is 5.69 Å². The van der Waals surface area contributed by atoms with Gasteiger partial charge < -0.3 is 0 Å². The average molecular weight is 392 g/mol. The van der Waals surface area contributed by atoms with E-state index in [0.717, 1.165) is 24.3 Å². The summed E-state index contributed by atoms with van der Waals surface area (Å²) in [7, 11) is 1.41. The molecule has 0 saturated carbocycles. The van der Waals surface area contributed by atoms with E-state index in [-0.39, 0.29) is 28.2 Å². The Kier molecular flexibility index (Phi) is 4.59. The van der Waals surface area contributed by atoms with Gasteiger partial charge in [0.2, 0.25) is 0 Å². The largest absolute Gasteiger partial charge is 0.416 e. The first kappa shape index (κ1) is 19.0. The number of nitro groups is 2. The molecule has 0 atom stereocenters. The quantitative estimate of drug-likeness (QED) is 0.477. The summed E-state index contributed by atoms with van der Waals surface area (Å²) in [6, 6.07) is 9.03. The first-order valence-corrected chi connectivity index (χ1v) is 7.73. The Morgan fingerprint density at radius 2 is 1.61 bits per heavy atom. The molecular formula is C17H11F3N4O4. The van der Waals surface area contributed by atoms with Crippen molar-refractivity contribution < 1.29 is 23.0 Å². The van der Waals surface area contributed by atoms with Crippen molar-refractivity contribution in [3.05, 3.63) is 74.3 Å². The molecule has 144 valence electrons. The Hall–Kier alpha value is -3.76. The molecule has 3 aromatic rings. The minimum Gasteiger partial charge on any atom is -0.260 e. The van der Waals surface area contributed by atoms with E-state index in [2.05, 4.69) is 5.10 Å². The first-order chi connectivity index (χ1) is 13.1. The molecule has 0 fully saturated rings. The topological polar surface area (TPSA) is 104 Å². The Balaban J connectivity index is 2.18. The van der Waals surface area contributed by atoms with Crippen LogP contribution in [0.3, 0.4) is 0 Å². The van der Waals surface area contributed by atoms with Crippen LogP contribution < -0.4 is 0 Å². The van der Waals surface area contributed by atoms with Crippen LogP contribution in [0.5, 0.6) is 0 Å². The van der Waals surface area contributed by atoms with Crippen LogP contribution in [0.15, 0.2) is 48.5 Å². The lowest BCUT2D eigenvalue weighted by Gasteiger charge is -2.06. The molecule has 0 amide bonds. The number of nitrogens with zero attached hydrogens (tertiary/aromatic N) is 4. The zero-order valence-electron chi connectivity index (χ0n) is 14.2. The highest BCUT2D eigenvalue weighted by Gasteiger charge is 2.32. The summed E-state index contributed by atoms with van der Waals surface area (Å²) in [5.74, 6) is 0. The van der Waals surface area contributed by atoms with Crippen molar-refractivity contribution in [1.29, 1.82) is 0 Å². The maximum Gasteiger partial charge on any atom is 0.416 e. The van der Waals surface area contributed by atoms with Gasteiger partial charge >= 0.3 is 11.9 Å². The van der Waals surface area contributed by atoms with E-state index in [9.17, 15) is 33.4 Å². The Labute approximate surface area is 155 Å². The highest BCUT2D eigenvalue weighted by Crippen LogP contribution is 2.39. The van der Waals surface area contributed by atoms with Gasteiger partial charge in [0.05, 0.1) is 15.4 Å². The standard InChI is InChI=1S/C17H11F3N4O4/c1-22-15(11-3-2-4-13(9-11)23(25)26)16(24(27)28)14(21-22)10-5-7-12(8-6-10)17(18,19)20/h2-9H,1H3. The SMILES string of the molecule is Cn1nc(-c2ccc(C(F)(F)F)cc2)c([N+](=O)[O-])c1-c1cccc([N+](=O)[O-])c1. The fourth-order valence-electron chi connectivity index (χ4n) is 2.79. The molecule has 0 aliphatic heterocycles. The van der Waals surface area contributed by atoms with Crippen LogP contribution in [0.2, 0.25) is 0 Å². The molecule has 11 heteroatoms. The fourth-order valence-corrected chi connectivity index (χ4v) is 2.79. The van der Waals surface area contributed by atoms with Crippen LogP contribution in [0, 0.1) is 20.2 Å². The molecule has 0 radical (unpaired) electrons. The van der Waals surface area contributed by atoms with Crippen LogP contribution in [0.4, 0.5) is 24.5 Å². The summed E-state index contributed by atoms with van der Waals surface area (Å²) in [5.41, 5.74) is -1.44. The molecule has 1 aromatic heterocycles. The lowest BCUT2D eigenvalue weighted by Crippen LogP contribution is -2.04. The van der Waals surface area contributed by atoms with Crippen molar-refractivity contribution in [3.63, 3.8) is 0 Å². The first-order valence-electron chi connectivity index (χ1n) is 7.73. The monoisotopic (exact) mass is 392 g/mol. The van der Waals surface area contributed by atoms with Gasteiger partial charge in [-0.2, -0.15) is 18.3 Å². The summed E-state index contributed by atoms with van der Waals surface area (Å²) in [6.07, 6.45) is -4.54. The Morgan fingerprint density at radius 3 is 2.14 bits per heavy atom. The van der Waals surface area contributed by atoms with Crippen molar-refractivity contribution in [1.82, 2.24) is 9.78 Å². The van der Waals surface area contributed by atoms with Crippen LogP contribution in [0.25, 0.3) is 22.5 Å². The zero-order valence-corrected chi connectivity index (χ0v) is 14.2. The molecule has 0 unspecified atom stereocenters. The van der Waals surface area contributed by atoms with Crippen LogP contribution >= 0.6 is 0 Å². The third-order valence-corrected chi connectivity index (χ3v) is 4.02. The van der Waals surface area contributed by atoms with E-state index >= 15 is 0 Å². The molecule has 0 bridgehead atoms. The van der Waals surface area contributed by atoms with Crippen molar-refractivity contribution in [2.75, 3.05) is 0 Å². The molecule has 0 N–H and O–H groups in total. The Bertz CT molecular complexity index is 1070. The van der Waals surface area contributed by atoms with Crippen molar-refractivity contribution in [2.24, 2.45) is 7.05 Å². The molecule has 0 saturated heterocycles. The number of benzene rings is 2. The van der Waals surface area contributed by atoms with Crippen LogP contribution in [0.1, 0.15) is 5.56 Å². The minimum absolute atomic E-state index is 0.00333. The van der Waals surface area contributed by atoms with Crippen molar-refractivity contribution in [3.8, 4) is 22.5 Å². The Morgan fingerprint density at radius 1 is 0.964 bits per heavy atom. The number of non-ortho nitro benzene ring substituents is 1. The van der Waals surface area contributed by atoms with Gasteiger partial charge in [-0.1, -0.05) is 24.3 Å². The third kappa shape index (κ3) is 3.41. The number of aryl methyl sites for hydroxylation is 1. The van der Waals surface area contributed by atoms with Crippen LogP contribution in [-0.2, 0) is 13.2 Å². The number of aromatic nitrogens is 2. The summed E-state index contributed by atoms with van der Waals surface area (Å²) in [5, 5.41) is 26.7. The lowest BCUT2D eigenvalue weighted by atomic mass is 10.0. The van der Waals surface area contributed by atoms with Gasteiger partial charge in [0.1, 0.15) is 5.69 Å². The van der Waals surface area contributed by atoms with E-state index in [1.165, 1.54) is 36.0 Å². The molecule has 0 spiro atoms.